The van der Waals surface area contributed by atoms with Gasteiger partial charge in [0.05, 0.1) is 18.0 Å². The third kappa shape index (κ3) is 4.52. The molecule has 1 aliphatic carbocycles. The number of amides is 2. The highest BCUT2D eigenvalue weighted by molar-refractivity contribution is 6.09. The van der Waals surface area contributed by atoms with Crippen LogP contribution in [-0.2, 0) is 6.54 Å². The zero-order chi connectivity index (χ0) is 26.4. The average Bonchev–Trinajstić information content (AvgIpc) is 3.44. The Morgan fingerprint density at radius 3 is 2.68 bits per heavy atom. The first-order valence-electron chi connectivity index (χ1n) is 13.6. The summed E-state index contributed by atoms with van der Waals surface area (Å²) in [7, 11) is 2.24. The summed E-state index contributed by atoms with van der Waals surface area (Å²) in [5.74, 6) is 0.224. The van der Waals surface area contributed by atoms with Gasteiger partial charge in [-0.2, -0.15) is 5.10 Å². The largest absolute Gasteiger partial charge is 0.489 e. The summed E-state index contributed by atoms with van der Waals surface area (Å²) in [5.41, 5.74) is 2.98. The lowest BCUT2D eigenvalue weighted by atomic mass is 9.88. The van der Waals surface area contributed by atoms with Gasteiger partial charge >= 0.3 is 0 Å². The molecule has 6 rings (SSSR count). The maximum atomic E-state index is 13.5. The van der Waals surface area contributed by atoms with Crippen molar-refractivity contribution in [2.45, 2.75) is 70.3 Å². The summed E-state index contributed by atoms with van der Waals surface area (Å²) in [6.45, 7) is 6.55. The molecule has 10 nitrogen and oxygen atoms in total. The van der Waals surface area contributed by atoms with Gasteiger partial charge in [0.2, 0.25) is 0 Å². The normalized spacial score (nSPS) is 21.7. The average molecular weight is 518 g/mol. The summed E-state index contributed by atoms with van der Waals surface area (Å²) in [4.78, 5) is 35.6. The molecule has 4 heterocycles. The van der Waals surface area contributed by atoms with Crippen molar-refractivity contribution in [3.05, 3.63) is 53.5 Å². The number of nitrogens with one attached hydrogen (secondary N) is 2. The number of anilines is 1. The Hall–Kier alpha value is -3.50. The van der Waals surface area contributed by atoms with Gasteiger partial charge in [-0.3, -0.25) is 14.5 Å². The third-order valence-electron chi connectivity index (χ3n) is 8.19. The number of rotatable bonds is 7. The minimum absolute atomic E-state index is 0.0540. The molecule has 2 aliphatic heterocycles. The smallest absolute Gasteiger partial charge is 0.261 e. The van der Waals surface area contributed by atoms with Gasteiger partial charge in [-0.1, -0.05) is 0 Å². The van der Waals surface area contributed by atoms with E-state index in [0.29, 0.717) is 46.8 Å². The van der Waals surface area contributed by atoms with Crippen molar-refractivity contribution in [2.75, 3.05) is 25.5 Å². The highest BCUT2D eigenvalue weighted by atomic mass is 16.5. The highest BCUT2D eigenvalue weighted by Gasteiger charge is 2.38. The molecule has 200 valence electrons. The fourth-order valence-corrected chi connectivity index (χ4v) is 5.92. The number of hydrogen-bond acceptors (Lipinski definition) is 7. The molecule has 0 atom stereocenters. The summed E-state index contributed by atoms with van der Waals surface area (Å²) >= 11 is 0. The van der Waals surface area contributed by atoms with Crippen molar-refractivity contribution in [3.8, 4) is 5.75 Å². The number of ether oxygens (including phenoxy) is 1. The van der Waals surface area contributed by atoms with Gasteiger partial charge in [0.15, 0.2) is 5.65 Å². The number of nitrogens with zero attached hydrogens (tertiary/aromatic N) is 5. The van der Waals surface area contributed by atoms with Gasteiger partial charge in [0, 0.05) is 55.7 Å². The molecule has 1 aromatic carbocycles. The first-order valence-corrected chi connectivity index (χ1v) is 13.6. The Morgan fingerprint density at radius 2 is 1.97 bits per heavy atom. The number of carbonyl (C=O) groups is 2. The van der Waals surface area contributed by atoms with Gasteiger partial charge in [-0.25, -0.2) is 9.50 Å². The summed E-state index contributed by atoms with van der Waals surface area (Å²) in [5, 5.41) is 10.6. The van der Waals surface area contributed by atoms with Crippen molar-refractivity contribution >= 4 is 23.1 Å². The lowest BCUT2D eigenvalue weighted by molar-refractivity contribution is 0.0520. The van der Waals surface area contributed by atoms with E-state index in [1.807, 2.05) is 24.8 Å². The number of hydrogen-bond donors (Lipinski definition) is 2. The van der Waals surface area contributed by atoms with E-state index in [-0.39, 0.29) is 24.0 Å². The molecule has 0 unspecified atom stereocenters. The van der Waals surface area contributed by atoms with Crippen LogP contribution in [0.4, 0.5) is 5.69 Å². The monoisotopic (exact) mass is 517 g/mol. The molecule has 1 saturated heterocycles. The topological polar surface area (TPSA) is 104 Å². The molecule has 2 aromatic heterocycles. The van der Waals surface area contributed by atoms with E-state index in [1.54, 1.807) is 29.0 Å². The number of aromatic nitrogens is 3. The van der Waals surface area contributed by atoms with Crippen molar-refractivity contribution in [2.24, 2.45) is 0 Å². The van der Waals surface area contributed by atoms with Gasteiger partial charge in [0.25, 0.3) is 11.8 Å². The molecule has 3 aromatic rings. The Labute approximate surface area is 222 Å². The van der Waals surface area contributed by atoms with Crippen LogP contribution in [0.2, 0.25) is 0 Å². The Balaban J connectivity index is 1.20. The van der Waals surface area contributed by atoms with Crippen molar-refractivity contribution in [3.63, 3.8) is 0 Å². The maximum Gasteiger partial charge on any atom is 0.261 e. The molecule has 10 heteroatoms. The molecular formula is C28H35N7O3. The standard InChI is InChI=1S/C28H35N7O3/c1-17(2)38-25-12-22-18(11-24(25)32-27(36)23-15-31-35-10-4-9-30-26(23)35)16-34(28(22)37)20-7-5-19(6-8-20)33(3)21-13-29-14-21/h4,9-12,15,17,19-21,29H,5-8,13-14,16H2,1-3H3,(H,32,36). The van der Waals surface area contributed by atoms with E-state index in [2.05, 4.69) is 32.7 Å². The molecule has 2 fully saturated rings. The van der Waals surface area contributed by atoms with Crippen LogP contribution in [0.25, 0.3) is 5.65 Å². The molecule has 2 amide bonds. The fourth-order valence-electron chi connectivity index (χ4n) is 5.92. The molecule has 0 spiro atoms. The van der Waals surface area contributed by atoms with Gasteiger partial charge in [0.1, 0.15) is 11.3 Å². The third-order valence-corrected chi connectivity index (χ3v) is 8.19. The van der Waals surface area contributed by atoms with Crippen LogP contribution in [0.1, 0.15) is 65.8 Å². The highest BCUT2D eigenvalue weighted by Crippen LogP contribution is 2.38. The lowest BCUT2D eigenvalue weighted by Crippen LogP contribution is -2.59. The minimum Gasteiger partial charge on any atom is -0.489 e. The molecule has 38 heavy (non-hydrogen) atoms. The molecule has 1 saturated carbocycles. The second kappa shape index (κ2) is 9.99. The zero-order valence-corrected chi connectivity index (χ0v) is 22.2. The van der Waals surface area contributed by atoms with Gasteiger partial charge in [-0.15, -0.1) is 0 Å². The van der Waals surface area contributed by atoms with Gasteiger partial charge < -0.3 is 20.3 Å². The number of fused-ring (bicyclic) bond motifs is 2. The van der Waals surface area contributed by atoms with Crippen LogP contribution in [-0.4, -0.2) is 80.6 Å². The quantitative estimate of drug-likeness (QED) is 0.497. The predicted molar refractivity (Wildman–Crippen MR) is 143 cm³/mol. The maximum absolute atomic E-state index is 13.5. The fraction of sp³-hybridized carbons (Fsp3) is 0.500. The van der Waals surface area contributed by atoms with Crippen LogP contribution >= 0.6 is 0 Å². The van der Waals surface area contributed by atoms with E-state index in [9.17, 15) is 9.59 Å². The van der Waals surface area contributed by atoms with E-state index in [1.165, 1.54) is 6.20 Å². The molecule has 3 aliphatic rings. The first kappa shape index (κ1) is 24.8. The van der Waals surface area contributed by atoms with Crippen LogP contribution in [0, 0.1) is 0 Å². The van der Waals surface area contributed by atoms with Crippen molar-refractivity contribution in [1.82, 2.24) is 29.7 Å². The molecular weight excluding hydrogens is 482 g/mol. The zero-order valence-electron chi connectivity index (χ0n) is 22.2. The SMILES string of the molecule is CC(C)Oc1cc2c(cc1NC(=O)c1cnn3cccnc13)CN(C1CCC(N(C)C3CNC3)CC1)C2=O. The lowest BCUT2D eigenvalue weighted by Gasteiger charge is -2.44. The first-order chi connectivity index (χ1) is 18.4. The predicted octanol–water partition coefficient (Wildman–Crippen LogP) is 2.94. The molecule has 0 radical (unpaired) electrons. The van der Waals surface area contributed by atoms with Crippen LogP contribution in [0.5, 0.6) is 5.75 Å². The minimum atomic E-state index is -0.322. The number of carbonyl (C=O) groups excluding carboxylic acids is 2. The summed E-state index contributed by atoms with van der Waals surface area (Å²) in [6, 6.07) is 6.90. The molecule has 0 bridgehead atoms. The van der Waals surface area contributed by atoms with Crippen molar-refractivity contribution in [1.29, 1.82) is 0 Å². The number of benzene rings is 1. The Kier molecular flexibility index (Phi) is 6.53. The van der Waals surface area contributed by atoms with Crippen molar-refractivity contribution < 1.29 is 14.3 Å². The Morgan fingerprint density at radius 1 is 1.18 bits per heavy atom. The number of likely N-dealkylation sites (N-methyl/N-ethyl adjacent to an activating group) is 1. The van der Waals surface area contributed by atoms with E-state index < -0.39 is 0 Å². The second-order valence-corrected chi connectivity index (χ2v) is 10.9. The van der Waals surface area contributed by atoms with Crippen LogP contribution in [0.3, 0.4) is 0 Å². The van der Waals surface area contributed by atoms with Crippen LogP contribution in [0.15, 0.2) is 36.8 Å². The van der Waals surface area contributed by atoms with Gasteiger partial charge in [-0.05, 0) is 70.3 Å². The second-order valence-electron chi connectivity index (χ2n) is 10.9. The molecule has 2 N–H and O–H groups in total. The summed E-state index contributed by atoms with van der Waals surface area (Å²) in [6.07, 6.45) is 9.00. The van der Waals surface area contributed by atoms with E-state index >= 15 is 0 Å². The van der Waals surface area contributed by atoms with E-state index in [0.717, 1.165) is 44.3 Å². The van der Waals surface area contributed by atoms with Crippen LogP contribution < -0.4 is 15.4 Å². The van der Waals surface area contributed by atoms with E-state index in [4.69, 9.17) is 4.74 Å². The Bertz CT molecular complexity index is 1360. The summed E-state index contributed by atoms with van der Waals surface area (Å²) < 4.78 is 7.62.